The van der Waals surface area contributed by atoms with Crippen LogP contribution < -0.4 is 10.1 Å². The Balaban J connectivity index is 1.05. The van der Waals surface area contributed by atoms with Gasteiger partial charge in [0.05, 0.1) is 46.6 Å². The minimum absolute atomic E-state index is 0.0917. The molecular weight excluding hydrogens is 725 g/mol. The zero-order chi connectivity index (χ0) is 39.1. The highest BCUT2D eigenvalue weighted by Gasteiger charge is 2.19. The van der Waals surface area contributed by atoms with Crippen molar-refractivity contribution in [1.29, 1.82) is 0 Å². The van der Waals surface area contributed by atoms with Crippen molar-refractivity contribution in [1.82, 2.24) is 40.0 Å². The molecule has 0 atom stereocenters. The molecule has 0 radical (unpaired) electrons. The zero-order valence-corrected chi connectivity index (χ0v) is 31.3. The van der Waals surface area contributed by atoms with Gasteiger partial charge in [0.2, 0.25) is 5.52 Å². The number of hydrogen-bond donors (Lipinski definition) is 1. The van der Waals surface area contributed by atoms with E-state index in [0.29, 0.717) is 76.8 Å². The molecule has 15 nitrogen and oxygen atoms in total. The predicted molar refractivity (Wildman–Crippen MR) is 213 cm³/mol. The molecule has 0 spiro atoms. The Bertz CT molecular complexity index is 2110. The molecule has 0 saturated carbocycles. The molecule has 0 aliphatic rings. The number of benzene rings is 2. The predicted octanol–water partition coefficient (Wildman–Crippen LogP) is 6.62. The van der Waals surface area contributed by atoms with E-state index >= 15 is 0 Å². The summed E-state index contributed by atoms with van der Waals surface area (Å²) >= 11 is 0. The summed E-state index contributed by atoms with van der Waals surface area (Å²) in [5.41, 5.74) is 6.86. The first kappa shape index (κ1) is 38.6. The van der Waals surface area contributed by atoms with E-state index in [-0.39, 0.29) is 11.2 Å². The number of ether oxygens (including phenoxy) is 2. The molecule has 2 aromatic carbocycles. The van der Waals surface area contributed by atoms with E-state index in [2.05, 4.69) is 63.6 Å². The molecule has 5 aromatic heterocycles. The maximum atomic E-state index is 11.3. The van der Waals surface area contributed by atoms with Gasteiger partial charge < -0.3 is 14.8 Å². The van der Waals surface area contributed by atoms with Crippen LogP contribution in [0, 0.1) is 10.1 Å². The minimum atomic E-state index is -0.515. The quantitative estimate of drug-likeness (QED) is 0.0470. The zero-order valence-electron chi connectivity index (χ0n) is 31.3. The number of pyridine rings is 4. The molecule has 0 fully saturated rings. The van der Waals surface area contributed by atoms with Crippen molar-refractivity contribution in [3.05, 3.63) is 172 Å². The third kappa shape index (κ3) is 11.4. The highest BCUT2D eigenvalue weighted by Crippen LogP contribution is 2.28. The summed E-state index contributed by atoms with van der Waals surface area (Å²) in [6.07, 6.45) is 7.28. The molecule has 7 aromatic rings. The molecular formula is C42H42N10O5. The van der Waals surface area contributed by atoms with E-state index in [1.807, 2.05) is 97.6 Å². The lowest BCUT2D eigenvalue weighted by molar-refractivity contribution is -0.383. The van der Waals surface area contributed by atoms with E-state index in [1.165, 1.54) is 6.07 Å². The summed E-state index contributed by atoms with van der Waals surface area (Å²) in [5.74, 6) is 0.738. The van der Waals surface area contributed by atoms with Crippen LogP contribution in [0.4, 0.5) is 11.4 Å². The Morgan fingerprint density at radius 3 is 1.58 bits per heavy atom. The summed E-state index contributed by atoms with van der Waals surface area (Å²) in [6, 6.07) is 33.2. The standard InChI is InChI=1S/C42H42N10O5/c53-52(54)40-14-13-39(41-42(40)49-57-48-41)47-19-20-55-21-22-56-38-24-32(26-50(28-34-9-1-5-15-43-34)29-35-10-2-6-16-44-35)23-33(25-38)27-51(30-36-11-3-7-17-45-36)31-37-12-4-8-18-46-37/h1-18,23-25,47H,19-22,26-31H2. The first-order valence-electron chi connectivity index (χ1n) is 18.6. The first-order valence-corrected chi connectivity index (χ1v) is 18.6. The fourth-order valence-corrected chi connectivity index (χ4v) is 6.45. The highest BCUT2D eigenvalue weighted by atomic mass is 16.6. The second-order valence-corrected chi connectivity index (χ2v) is 13.3. The number of nitro benzene ring substituents is 1. The fraction of sp³-hybridized carbons (Fsp3) is 0.238. The maximum absolute atomic E-state index is 11.3. The molecule has 0 amide bonds. The Kier molecular flexibility index (Phi) is 13.4. The molecule has 1 N–H and O–H groups in total. The Hall–Kier alpha value is -6.68. The monoisotopic (exact) mass is 766 g/mol. The average molecular weight is 767 g/mol. The summed E-state index contributed by atoms with van der Waals surface area (Å²) in [7, 11) is 0. The van der Waals surface area contributed by atoms with E-state index < -0.39 is 4.92 Å². The number of nitro groups is 1. The van der Waals surface area contributed by atoms with Crippen molar-refractivity contribution in [2.75, 3.05) is 31.7 Å². The van der Waals surface area contributed by atoms with Gasteiger partial charge in [0, 0.05) is 76.7 Å². The Morgan fingerprint density at radius 2 is 1.11 bits per heavy atom. The van der Waals surface area contributed by atoms with Crippen molar-refractivity contribution >= 4 is 22.4 Å². The van der Waals surface area contributed by atoms with E-state index in [1.54, 1.807) is 6.07 Å². The van der Waals surface area contributed by atoms with Crippen LogP contribution in [-0.4, -0.2) is 71.3 Å². The lowest BCUT2D eigenvalue weighted by Gasteiger charge is -2.25. The van der Waals surface area contributed by atoms with E-state index in [0.717, 1.165) is 39.7 Å². The van der Waals surface area contributed by atoms with Crippen LogP contribution in [0.3, 0.4) is 0 Å². The van der Waals surface area contributed by atoms with E-state index in [4.69, 9.17) is 14.1 Å². The SMILES string of the molecule is O=[N+]([O-])c1ccc(NCCOCCOc2cc(CN(Cc3ccccn3)Cc3ccccn3)cc(CN(Cc3ccccn3)Cc3ccccn3)c2)c2nonc12. The smallest absolute Gasteiger partial charge is 0.300 e. The Morgan fingerprint density at radius 1 is 0.596 bits per heavy atom. The Labute approximate surface area is 329 Å². The van der Waals surface area contributed by atoms with Crippen molar-refractivity contribution in [3.8, 4) is 5.75 Å². The van der Waals surface area contributed by atoms with Gasteiger partial charge in [-0.15, -0.1) is 0 Å². The maximum Gasteiger partial charge on any atom is 0.300 e. The van der Waals surface area contributed by atoms with Gasteiger partial charge in [-0.1, -0.05) is 30.3 Å². The van der Waals surface area contributed by atoms with Crippen molar-refractivity contribution in [3.63, 3.8) is 0 Å². The van der Waals surface area contributed by atoms with Crippen LogP contribution in [-0.2, 0) is 44.0 Å². The van der Waals surface area contributed by atoms with Crippen LogP contribution in [0.2, 0.25) is 0 Å². The van der Waals surface area contributed by atoms with Gasteiger partial charge in [-0.3, -0.25) is 39.9 Å². The third-order valence-electron chi connectivity index (χ3n) is 8.93. The first-order chi connectivity index (χ1) is 28.1. The average Bonchev–Trinajstić information content (AvgIpc) is 3.72. The van der Waals surface area contributed by atoms with Gasteiger partial charge in [0.25, 0.3) is 0 Å². The lowest BCUT2D eigenvalue weighted by Crippen LogP contribution is -2.25. The third-order valence-corrected chi connectivity index (χ3v) is 8.93. The van der Waals surface area contributed by atoms with Crippen molar-refractivity contribution in [2.24, 2.45) is 0 Å². The van der Waals surface area contributed by atoms with Crippen LogP contribution in [0.15, 0.2) is 133 Å². The van der Waals surface area contributed by atoms with Crippen LogP contribution in [0.25, 0.3) is 11.0 Å². The number of fused-ring (bicyclic) bond motifs is 1. The molecule has 0 bridgehead atoms. The highest BCUT2D eigenvalue weighted by molar-refractivity contribution is 5.93. The van der Waals surface area contributed by atoms with Crippen molar-refractivity contribution < 1.29 is 19.0 Å². The summed E-state index contributed by atoms with van der Waals surface area (Å²) < 4.78 is 17.0. The molecule has 5 heterocycles. The molecule has 0 aliphatic carbocycles. The number of nitrogens with zero attached hydrogens (tertiary/aromatic N) is 9. The molecule has 0 saturated heterocycles. The number of nitrogens with one attached hydrogen (secondary N) is 1. The largest absolute Gasteiger partial charge is 0.491 e. The summed E-state index contributed by atoms with van der Waals surface area (Å²) in [5, 5.41) is 22.0. The number of rotatable bonds is 21. The number of anilines is 1. The molecule has 0 aliphatic heterocycles. The fourth-order valence-electron chi connectivity index (χ4n) is 6.45. The number of hydrogen-bond acceptors (Lipinski definition) is 14. The topological polar surface area (TPSA) is 171 Å². The van der Waals surface area contributed by atoms with E-state index in [9.17, 15) is 10.1 Å². The van der Waals surface area contributed by atoms with Crippen LogP contribution in [0.5, 0.6) is 5.75 Å². The van der Waals surface area contributed by atoms with Crippen molar-refractivity contribution in [2.45, 2.75) is 39.3 Å². The van der Waals surface area contributed by atoms with Crippen LogP contribution >= 0.6 is 0 Å². The molecule has 290 valence electrons. The minimum Gasteiger partial charge on any atom is -0.491 e. The normalized spacial score (nSPS) is 11.3. The molecule has 0 unspecified atom stereocenters. The van der Waals surface area contributed by atoms with Gasteiger partial charge in [-0.25, -0.2) is 4.63 Å². The molecule has 15 heteroatoms. The van der Waals surface area contributed by atoms with Gasteiger partial charge in [-0.2, -0.15) is 0 Å². The number of aromatic nitrogens is 6. The summed E-state index contributed by atoms with van der Waals surface area (Å²) in [4.78, 5) is 33.9. The molecule has 57 heavy (non-hydrogen) atoms. The summed E-state index contributed by atoms with van der Waals surface area (Å²) in [6.45, 7) is 5.32. The second-order valence-electron chi connectivity index (χ2n) is 13.3. The molecule has 7 rings (SSSR count). The second kappa shape index (κ2) is 19.8. The van der Waals surface area contributed by atoms with Gasteiger partial charge in [0.1, 0.15) is 12.4 Å². The van der Waals surface area contributed by atoms with Crippen LogP contribution in [0.1, 0.15) is 33.9 Å². The van der Waals surface area contributed by atoms with Gasteiger partial charge in [-0.05, 0) is 88.2 Å². The van der Waals surface area contributed by atoms with Gasteiger partial charge in [0.15, 0.2) is 5.52 Å². The van der Waals surface area contributed by atoms with Gasteiger partial charge >= 0.3 is 5.69 Å². The lowest BCUT2D eigenvalue weighted by atomic mass is 10.1. The number of non-ortho nitro benzene ring substituents is 1.